The number of rotatable bonds is 3. The van der Waals surface area contributed by atoms with Crippen LogP contribution in [0.5, 0.6) is 0 Å². The maximum atomic E-state index is 5.84. The van der Waals surface area contributed by atoms with Crippen LogP contribution >= 0.6 is 0 Å². The number of nitrogens with two attached hydrogens (primary N) is 1. The van der Waals surface area contributed by atoms with E-state index in [9.17, 15) is 0 Å². The molecule has 0 aromatic heterocycles. The summed E-state index contributed by atoms with van der Waals surface area (Å²) in [7, 11) is 0. The molecule has 0 saturated carbocycles. The summed E-state index contributed by atoms with van der Waals surface area (Å²) >= 11 is 0. The van der Waals surface area contributed by atoms with Gasteiger partial charge in [0.15, 0.2) is 0 Å². The van der Waals surface area contributed by atoms with Crippen LogP contribution in [-0.2, 0) is 4.74 Å². The van der Waals surface area contributed by atoms with Gasteiger partial charge in [-0.05, 0) is 26.7 Å². The molecule has 0 unspecified atom stereocenters. The van der Waals surface area contributed by atoms with Crippen molar-refractivity contribution in [2.45, 2.75) is 46.3 Å². The molecule has 1 atom stereocenters. The van der Waals surface area contributed by atoms with Crippen molar-refractivity contribution in [3.05, 3.63) is 12.3 Å². The topological polar surface area (TPSA) is 35.2 Å². The van der Waals surface area contributed by atoms with Crippen LogP contribution in [0.15, 0.2) is 12.3 Å². The molecule has 0 aromatic carbocycles. The van der Waals surface area contributed by atoms with E-state index in [0.29, 0.717) is 11.7 Å². The van der Waals surface area contributed by atoms with Gasteiger partial charge in [-0.2, -0.15) is 0 Å². The summed E-state index contributed by atoms with van der Waals surface area (Å²) in [5, 5.41) is 0. The van der Waals surface area contributed by atoms with E-state index in [1.165, 1.54) is 0 Å². The van der Waals surface area contributed by atoms with Gasteiger partial charge < -0.3 is 10.5 Å². The maximum Gasteiger partial charge on any atom is 0.107 e. The highest BCUT2D eigenvalue weighted by molar-refractivity contribution is 4.98. The molecule has 0 amide bonds. The second-order valence-electron chi connectivity index (χ2n) is 4.45. The summed E-state index contributed by atoms with van der Waals surface area (Å²) < 4.78 is 5.54. The second kappa shape index (κ2) is 3.94. The lowest BCUT2D eigenvalue weighted by atomic mass is 10.0. The molecule has 0 saturated heterocycles. The molecule has 2 nitrogen and oxygen atoms in total. The SMILES string of the molecule is C=C(OC(C)(C)C)[C@@H](N)C(C)C. The molecule has 2 N–H and O–H groups in total. The molecule has 0 spiro atoms. The Bertz CT molecular complexity index is 156. The highest BCUT2D eigenvalue weighted by Gasteiger charge is 2.18. The third kappa shape index (κ3) is 4.39. The van der Waals surface area contributed by atoms with Gasteiger partial charge in [0, 0.05) is 0 Å². The van der Waals surface area contributed by atoms with Gasteiger partial charge in [0.1, 0.15) is 11.4 Å². The van der Waals surface area contributed by atoms with E-state index in [1.807, 2.05) is 20.8 Å². The second-order valence-corrected chi connectivity index (χ2v) is 4.45. The van der Waals surface area contributed by atoms with Gasteiger partial charge in [0.05, 0.1) is 6.04 Å². The monoisotopic (exact) mass is 171 g/mol. The Morgan fingerprint density at radius 1 is 1.33 bits per heavy atom. The highest BCUT2D eigenvalue weighted by Crippen LogP contribution is 2.17. The summed E-state index contributed by atoms with van der Waals surface area (Å²) in [5.74, 6) is 1.05. The first kappa shape index (κ1) is 11.5. The predicted molar refractivity (Wildman–Crippen MR) is 52.8 cm³/mol. The van der Waals surface area contributed by atoms with Crippen molar-refractivity contribution < 1.29 is 4.74 Å². The van der Waals surface area contributed by atoms with Crippen LogP contribution in [0.4, 0.5) is 0 Å². The summed E-state index contributed by atoms with van der Waals surface area (Å²) in [5.41, 5.74) is 5.65. The Balaban J connectivity index is 4.05. The van der Waals surface area contributed by atoms with Crippen LogP contribution in [0.1, 0.15) is 34.6 Å². The van der Waals surface area contributed by atoms with E-state index in [1.54, 1.807) is 0 Å². The van der Waals surface area contributed by atoms with Gasteiger partial charge in [-0.3, -0.25) is 0 Å². The first-order chi connectivity index (χ1) is 5.24. The Labute approximate surface area is 75.8 Å². The van der Waals surface area contributed by atoms with Crippen LogP contribution in [0.2, 0.25) is 0 Å². The minimum Gasteiger partial charge on any atom is -0.491 e. The first-order valence-corrected chi connectivity index (χ1v) is 4.37. The molecule has 0 rings (SSSR count). The zero-order valence-corrected chi connectivity index (χ0v) is 8.85. The molecule has 0 fully saturated rings. The van der Waals surface area contributed by atoms with Crippen molar-refractivity contribution in [2.24, 2.45) is 11.7 Å². The molecule has 0 aliphatic heterocycles. The largest absolute Gasteiger partial charge is 0.491 e. The molecule has 0 heterocycles. The zero-order valence-electron chi connectivity index (χ0n) is 8.85. The molecule has 2 heteroatoms. The molecule has 12 heavy (non-hydrogen) atoms. The molecule has 0 aliphatic rings. The molecule has 0 aliphatic carbocycles. The van der Waals surface area contributed by atoms with Crippen LogP contribution in [0, 0.1) is 5.92 Å². The van der Waals surface area contributed by atoms with Crippen LogP contribution in [0.25, 0.3) is 0 Å². The highest BCUT2D eigenvalue weighted by atomic mass is 16.5. The third-order valence-electron chi connectivity index (χ3n) is 1.53. The molecule has 0 radical (unpaired) electrons. The smallest absolute Gasteiger partial charge is 0.107 e. The standard InChI is InChI=1S/C10H21NO/c1-7(2)9(11)8(3)12-10(4,5)6/h7,9H,3,11H2,1-2,4-6H3/t9-/m0/s1. The maximum absolute atomic E-state index is 5.84. The van der Waals surface area contributed by atoms with Gasteiger partial charge in [0.2, 0.25) is 0 Å². The molecule has 0 aromatic rings. The number of hydrogen-bond acceptors (Lipinski definition) is 2. The quantitative estimate of drug-likeness (QED) is 0.661. The lowest BCUT2D eigenvalue weighted by molar-refractivity contribution is 0.0396. The number of hydrogen-bond donors (Lipinski definition) is 1. The van der Waals surface area contributed by atoms with Gasteiger partial charge in [-0.1, -0.05) is 20.4 Å². The van der Waals surface area contributed by atoms with Crippen molar-refractivity contribution in [3.8, 4) is 0 Å². The minimum absolute atomic E-state index is 0.0655. The lowest BCUT2D eigenvalue weighted by Crippen LogP contribution is -2.33. The fraction of sp³-hybridized carbons (Fsp3) is 0.800. The fourth-order valence-corrected chi connectivity index (χ4v) is 0.833. The normalized spacial score (nSPS) is 14.6. The van der Waals surface area contributed by atoms with Gasteiger partial charge in [-0.25, -0.2) is 0 Å². The van der Waals surface area contributed by atoms with Gasteiger partial charge in [0.25, 0.3) is 0 Å². The summed E-state index contributed by atoms with van der Waals surface area (Å²) in [4.78, 5) is 0. The Hall–Kier alpha value is -0.500. The Morgan fingerprint density at radius 2 is 1.75 bits per heavy atom. The van der Waals surface area contributed by atoms with Crippen molar-refractivity contribution >= 4 is 0 Å². The van der Waals surface area contributed by atoms with Crippen LogP contribution in [-0.4, -0.2) is 11.6 Å². The molecule has 72 valence electrons. The first-order valence-electron chi connectivity index (χ1n) is 4.37. The van der Waals surface area contributed by atoms with Crippen molar-refractivity contribution in [2.75, 3.05) is 0 Å². The zero-order chi connectivity index (χ0) is 9.94. The average molecular weight is 171 g/mol. The third-order valence-corrected chi connectivity index (χ3v) is 1.53. The van der Waals surface area contributed by atoms with E-state index in [4.69, 9.17) is 10.5 Å². The summed E-state index contributed by atoms with van der Waals surface area (Å²) in [6, 6.07) is -0.0655. The predicted octanol–water partition coefficient (Wildman–Crippen LogP) is 2.30. The number of ether oxygens (including phenoxy) is 1. The van der Waals surface area contributed by atoms with E-state index in [0.717, 1.165) is 0 Å². The Kier molecular flexibility index (Phi) is 3.78. The van der Waals surface area contributed by atoms with E-state index in [-0.39, 0.29) is 11.6 Å². The van der Waals surface area contributed by atoms with Crippen molar-refractivity contribution in [1.29, 1.82) is 0 Å². The van der Waals surface area contributed by atoms with Crippen LogP contribution < -0.4 is 5.73 Å². The van der Waals surface area contributed by atoms with Crippen molar-refractivity contribution in [3.63, 3.8) is 0 Å². The average Bonchev–Trinajstić information content (AvgIpc) is 1.82. The molecule has 0 bridgehead atoms. The van der Waals surface area contributed by atoms with Gasteiger partial charge >= 0.3 is 0 Å². The van der Waals surface area contributed by atoms with E-state index in [2.05, 4.69) is 20.4 Å². The van der Waals surface area contributed by atoms with Crippen LogP contribution in [0.3, 0.4) is 0 Å². The molecular weight excluding hydrogens is 150 g/mol. The summed E-state index contributed by atoms with van der Waals surface area (Å²) in [6.07, 6.45) is 0. The minimum atomic E-state index is -0.191. The molecular formula is C10H21NO. The van der Waals surface area contributed by atoms with E-state index < -0.39 is 0 Å². The van der Waals surface area contributed by atoms with Crippen molar-refractivity contribution in [1.82, 2.24) is 0 Å². The Morgan fingerprint density at radius 3 is 2.00 bits per heavy atom. The fourth-order valence-electron chi connectivity index (χ4n) is 0.833. The summed E-state index contributed by atoms with van der Waals surface area (Å²) in [6.45, 7) is 13.9. The van der Waals surface area contributed by atoms with E-state index >= 15 is 0 Å². The van der Waals surface area contributed by atoms with Gasteiger partial charge in [-0.15, -0.1) is 0 Å². The lowest BCUT2D eigenvalue weighted by Gasteiger charge is -2.27.